The van der Waals surface area contributed by atoms with Gasteiger partial charge in [0.15, 0.2) is 0 Å². The molecule has 1 aliphatic heterocycles. The predicted octanol–water partition coefficient (Wildman–Crippen LogP) is 2.31. The topological polar surface area (TPSA) is 80.1 Å². The number of piperidine rings is 1. The van der Waals surface area contributed by atoms with Crippen LogP contribution in [0.15, 0.2) is 36.0 Å². The van der Waals surface area contributed by atoms with E-state index in [-0.39, 0.29) is 17.7 Å². The summed E-state index contributed by atoms with van der Waals surface area (Å²) in [6.45, 7) is 1.96. The Morgan fingerprint density at radius 1 is 1.33 bits per heavy atom. The Kier molecular flexibility index (Phi) is 4.89. The van der Waals surface area contributed by atoms with Gasteiger partial charge in [-0.2, -0.15) is 5.10 Å². The number of aryl methyl sites for hydroxylation is 1. The molecule has 0 spiro atoms. The van der Waals surface area contributed by atoms with Crippen LogP contribution in [0.5, 0.6) is 0 Å². The van der Waals surface area contributed by atoms with Crippen LogP contribution in [0.3, 0.4) is 0 Å². The summed E-state index contributed by atoms with van der Waals surface area (Å²) in [5.41, 5.74) is 3.87. The van der Waals surface area contributed by atoms with Gasteiger partial charge >= 0.3 is 0 Å². The standard InChI is InChI=1S/C19H21N5O2S/c1-23-16(6-7-22-23)18(25)20-10-13-3-2-8-24(11-13)19(26)14-4-5-17-15(9-14)21-12-27-17/h4-7,9,12-13H,2-3,8,10-11H2,1H3,(H,20,25). The van der Waals surface area contributed by atoms with Crippen LogP contribution < -0.4 is 5.32 Å². The van der Waals surface area contributed by atoms with Gasteiger partial charge in [0, 0.05) is 38.4 Å². The second kappa shape index (κ2) is 7.48. The predicted molar refractivity (Wildman–Crippen MR) is 104 cm³/mol. The van der Waals surface area contributed by atoms with E-state index in [0.29, 0.717) is 24.3 Å². The maximum Gasteiger partial charge on any atom is 0.269 e. The molecular weight excluding hydrogens is 362 g/mol. The lowest BCUT2D eigenvalue weighted by Crippen LogP contribution is -2.43. The molecule has 2 amide bonds. The molecule has 0 bridgehead atoms. The lowest BCUT2D eigenvalue weighted by Gasteiger charge is -2.33. The monoisotopic (exact) mass is 383 g/mol. The summed E-state index contributed by atoms with van der Waals surface area (Å²) in [6.07, 6.45) is 3.55. The smallest absolute Gasteiger partial charge is 0.269 e. The van der Waals surface area contributed by atoms with Gasteiger partial charge in [0.1, 0.15) is 5.69 Å². The van der Waals surface area contributed by atoms with Crippen molar-refractivity contribution in [2.24, 2.45) is 13.0 Å². The van der Waals surface area contributed by atoms with Crippen LogP contribution in [-0.4, -0.2) is 51.1 Å². The Hall–Kier alpha value is -2.74. The third-order valence-corrected chi connectivity index (χ3v) is 5.80. The Labute approximate surface area is 161 Å². The van der Waals surface area contributed by atoms with Crippen LogP contribution in [0, 0.1) is 5.92 Å². The fraction of sp³-hybridized carbons (Fsp3) is 0.368. The highest BCUT2D eigenvalue weighted by Crippen LogP contribution is 2.22. The van der Waals surface area contributed by atoms with Gasteiger partial charge in [-0.3, -0.25) is 14.3 Å². The third-order valence-electron chi connectivity index (χ3n) is 4.99. The molecule has 4 rings (SSSR count). The van der Waals surface area contributed by atoms with Gasteiger partial charge in [0.25, 0.3) is 11.8 Å². The van der Waals surface area contributed by atoms with Gasteiger partial charge in [-0.25, -0.2) is 4.98 Å². The molecule has 27 heavy (non-hydrogen) atoms. The molecule has 1 fully saturated rings. The molecule has 1 aromatic carbocycles. The summed E-state index contributed by atoms with van der Waals surface area (Å²) in [7, 11) is 1.75. The number of benzene rings is 1. The fourth-order valence-corrected chi connectivity index (χ4v) is 4.17. The number of likely N-dealkylation sites (tertiary alicyclic amines) is 1. The van der Waals surface area contributed by atoms with Crippen molar-refractivity contribution in [2.75, 3.05) is 19.6 Å². The molecule has 1 atom stereocenters. The number of fused-ring (bicyclic) bond motifs is 1. The fourth-order valence-electron chi connectivity index (χ4n) is 3.51. The molecule has 0 aliphatic carbocycles. The van der Waals surface area contributed by atoms with Gasteiger partial charge in [-0.15, -0.1) is 11.3 Å². The van der Waals surface area contributed by atoms with E-state index in [4.69, 9.17) is 0 Å². The molecule has 1 saturated heterocycles. The molecule has 140 valence electrons. The molecule has 0 saturated carbocycles. The molecule has 7 nitrogen and oxygen atoms in total. The van der Waals surface area contributed by atoms with E-state index in [1.165, 1.54) is 0 Å². The molecule has 3 heterocycles. The van der Waals surface area contributed by atoms with Crippen LogP contribution in [0.4, 0.5) is 0 Å². The summed E-state index contributed by atoms with van der Waals surface area (Å²) in [6, 6.07) is 7.38. The van der Waals surface area contributed by atoms with Gasteiger partial charge in [-0.05, 0) is 43.0 Å². The van der Waals surface area contributed by atoms with E-state index >= 15 is 0 Å². The highest BCUT2D eigenvalue weighted by atomic mass is 32.1. The Balaban J connectivity index is 1.38. The van der Waals surface area contributed by atoms with Crippen molar-refractivity contribution in [2.45, 2.75) is 12.8 Å². The number of carbonyl (C=O) groups is 2. The van der Waals surface area contributed by atoms with E-state index in [1.807, 2.05) is 23.1 Å². The van der Waals surface area contributed by atoms with Crippen molar-refractivity contribution in [3.8, 4) is 0 Å². The number of rotatable bonds is 4. The van der Waals surface area contributed by atoms with Crippen molar-refractivity contribution < 1.29 is 9.59 Å². The summed E-state index contributed by atoms with van der Waals surface area (Å²) in [4.78, 5) is 31.3. The highest BCUT2D eigenvalue weighted by Gasteiger charge is 2.25. The minimum Gasteiger partial charge on any atom is -0.350 e. The molecule has 3 aromatic rings. The first-order valence-electron chi connectivity index (χ1n) is 9.00. The largest absolute Gasteiger partial charge is 0.350 e. The zero-order valence-corrected chi connectivity index (χ0v) is 15.9. The summed E-state index contributed by atoms with van der Waals surface area (Å²) < 4.78 is 2.64. The van der Waals surface area contributed by atoms with E-state index < -0.39 is 0 Å². The molecule has 2 aromatic heterocycles. The maximum absolute atomic E-state index is 12.9. The van der Waals surface area contributed by atoms with Gasteiger partial charge in [0.05, 0.1) is 15.7 Å². The minimum absolute atomic E-state index is 0.0348. The highest BCUT2D eigenvalue weighted by molar-refractivity contribution is 7.16. The molecule has 1 aliphatic rings. The van der Waals surface area contributed by atoms with Crippen LogP contribution in [-0.2, 0) is 7.05 Å². The first-order valence-corrected chi connectivity index (χ1v) is 9.88. The number of amides is 2. The van der Waals surface area contributed by atoms with E-state index in [9.17, 15) is 9.59 Å². The number of nitrogens with one attached hydrogen (secondary N) is 1. The van der Waals surface area contributed by atoms with Crippen molar-refractivity contribution >= 4 is 33.4 Å². The molecule has 1 unspecified atom stereocenters. The van der Waals surface area contributed by atoms with Crippen molar-refractivity contribution in [3.63, 3.8) is 0 Å². The summed E-state index contributed by atoms with van der Waals surface area (Å²) in [5, 5.41) is 6.99. The number of aromatic nitrogens is 3. The molecule has 8 heteroatoms. The second-order valence-electron chi connectivity index (χ2n) is 6.84. The lowest BCUT2D eigenvalue weighted by molar-refractivity contribution is 0.0671. The van der Waals surface area contributed by atoms with Crippen LogP contribution >= 0.6 is 11.3 Å². The first-order chi connectivity index (χ1) is 13.1. The Bertz CT molecular complexity index is 979. The van der Waals surface area contributed by atoms with Gasteiger partial charge in [-0.1, -0.05) is 0 Å². The zero-order chi connectivity index (χ0) is 18.8. The van der Waals surface area contributed by atoms with Crippen molar-refractivity contribution in [1.29, 1.82) is 0 Å². The van der Waals surface area contributed by atoms with E-state index in [2.05, 4.69) is 15.4 Å². The number of nitrogens with zero attached hydrogens (tertiary/aromatic N) is 4. The number of hydrogen-bond acceptors (Lipinski definition) is 5. The Morgan fingerprint density at radius 2 is 2.22 bits per heavy atom. The minimum atomic E-state index is -0.132. The normalized spacial score (nSPS) is 17.2. The van der Waals surface area contributed by atoms with Crippen molar-refractivity contribution in [3.05, 3.63) is 47.2 Å². The molecule has 0 radical (unpaired) electrons. The van der Waals surface area contributed by atoms with Crippen LogP contribution in [0.2, 0.25) is 0 Å². The molecular formula is C19H21N5O2S. The van der Waals surface area contributed by atoms with E-state index in [0.717, 1.165) is 29.6 Å². The van der Waals surface area contributed by atoms with Crippen LogP contribution in [0.25, 0.3) is 10.2 Å². The summed E-state index contributed by atoms with van der Waals surface area (Å²) >= 11 is 1.57. The Morgan fingerprint density at radius 3 is 3.04 bits per heavy atom. The van der Waals surface area contributed by atoms with Gasteiger partial charge < -0.3 is 10.2 Å². The SMILES string of the molecule is Cn1nccc1C(=O)NCC1CCCN(C(=O)c2ccc3scnc3c2)C1. The number of hydrogen-bond donors (Lipinski definition) is 1. The first kappa shape index (κ1) is 17.7. The number of thiazole rings is 1. The lowest BCUT2D eigenvalue weighted by atomic mass is 9.97. The van der Waals surface area contributed by atoms with Crippen molar-refractivity contribution in [1.82, 2.24) is 25.0 Å². The average molecular weight is 383 g/mol. The molecule has 1 N–H and O–H groups in total. The second-order valence-corrected chi connectivity index (χ2v) is 7.73. The van der Waals surface area contributed by atoms with Gasteiger partial charge in [0.2, 0.25) is 0 Å². The number of carbonyl (C=O) groups excluding carboxylic acids is 2. The average Bonchev–Trinajstić information content (AvgIpc) is 3.33. The van der Waals surface area contributed by atoms with Crippen LogP contribution in [0.1, 0.15) is 33.7 Å². The quantitative estimate of drug-likeness (QED) is 0.750. The summed E-state index contributed by atoms with van der Waals surface area (Å²) in [5.74, 6) is 0.155. The zero-order valence-electron chi connectivity index (χ0n) is 15.1. The maximum atomic E-state index is 12.9. The third kappa shape index (κ3) is 3.71. The van der Waals surface area contributed by atoms with E-state index in [1.54, 1.807) is 40.8 Å².